The van der Waals surface area contributed by atoms with E-state index in [2.05, 4.69) is 20.1 Å². The Labute approximate surface area is 145 Å². The van der Waals surface area contributed by atoms with Gasteiger partial charge < -0.3 is 14.4 Å². The minimum Gasteiger partial charge on any atom is -0.342 e. The number of aryl methyl sites for hydroxylation is 2. The van der Waals surface area contributed by atoms with Crippen molar-refractivity contribution in [1.82, 2.24) is 25.0 Å². The van der Waals surface area contributed by atoms with Gasteiger partial charge >= 0.3 is 0 Å². The maximum Gasteiger partial charge on any atom is 0.226 e. The van der Waals surface area contributed by atoms with Crippen molar-refractivity contribution in [2.75, 3.05) is 6.54 Å². The smallest absolute Gasteiger partial charge is 0.226 e. The number of carbonyl (C=O) groups excluding carboxylic acids is 1. The molecule has 0 spiro atoms. The predicted molar refractivity (Wildman–Crippen MR) is 91.8 cm³/mol. The summed E-state index contributed by atoms with van der Waals surface area (Å²) in [7, 11) is 0. The van der Waals surface area contributed by atoms with Crippen LogP contribution in [0.1, 0.15) is 49.8 Å². The first-order valence-electron chi connectivity index (χ1n) is 8.80. The molecule has 0 saturated carbocycles. The first kappa shape index (κ1) is 15.8. The lowest BCUT2D eigenvalue weighted by Crippen LogP contribution is -2.31. The van der Waals surface area contributed by atoms with Crippen molar-refractivity contribution in [3.05, 3.63) is 41.8 Å². The van der Waals surface area contributed by atoms with E-state index in [0.29, 0.717) is 31.0 Å². The summed E-state index contributed by atoms with van der Waals surface area (Å²) >= 11 is 0. The van der Waals surface area contributed by atoms with Gasteiger partial charge in [-0.05, 0) is 25.0 Å². The Morgan fingerprint density at radius 3 is 3.04 bits per heavy atom. The minimum atomic E-state index is -0.0628. The van der Waals surface area contributed by atoms with Crippen LogP contribution in [0.15, 0.2) is 28.8 Å². The third-order valence-corrected chi connectivity index (χ3v) is 4.67. The van der Waals surface area contributed by atoms with Crippen LogP contribution in [0.5, 0.6) is 0 Å². The van der Waals surface area contributed by atoms with Crippen molar-refractivity contribution in [2.24, 2.45) is 0 Å². The van der Waals surface area contributed by atoms with Gasteiger partial charge in [-0.2, -0.15) is 4.98 Å². The van der Waals surface area contributed by atoms with Crippen molar-refractivity contribution in [2.45, 2.75) is 45.1 Å². The first-order valence-corrected chi connectivity index (χ1v) is 8.80. The number of carbonyl (C=O) groups is 1. The lowest BCUT2D eigenvalue weighted by molar-refractivity contribution is -0.132. The predicted octanol–water partition coefficient (Wildman–Crippen LogP) is 2.80. The molecule has 1 atom stereocenters. The highest BCUT2D eigenvalue weighted by molar-refractivity contribution is 5.78. The van der Waals surface area contributed by atoms with Crippen molar-refractivity contribution >= 4 is 16.9 Å². The summed E-state index contributed by atoms with van der Waals surface area (Å²) in [5.74, 6) is 2.21. The van der Waals surface area contributed by atoms with Crippen molar-refractivity contribution < 1.29 is 9.32 Å². The monoisotopic (exact) mass is 339 g/mol. The number of likely N-dealkylation sites (tertiary alicyclic amines) is 1. The second-order valence-corrected chi connectivity index (χ2v) is 6.35. The van der Waals surface area contributed by atoms with Crippen LogP contribution >= 0.6 is 0 Å². The van der Waals surface area contributed by atoms with Crippen molar-refractivity contribution in [3.63, 3.8) is 0 Å². The fourth-order valence-electron chi connectivity index (χ4n) is 3.37. The largest absolute Gasteiger partial charge is 0.342 e. The molecule has 1 unspecified atom stereocenters. The summed E-state index contributed by atoms with van der Waals surface area (Å²) in [6, 6.07) is 7.83. The van der Waals surface area contributed by atoms with E-state index in [9.17, 15) is 4.79 Å². The second-order valence-electron chi connectivity index (χ2n) is 6.35. The number of amides is 1. The average molecular weight is 339 g/mol. The zero-order valence-corrected chi connectivity index (χ0v) is 14.2. The van der Waals surface area contributed by atoms with Crippen LogP contribution in [0.25, 0.3) is 11.0 Å². The molecule has 3 heterocycles. The Morgan fingerprint density at radius 2 is 2.24 bits per heavy atom. The van der Waals surface area contributed by atoms with E-state index in [1.807, 2.05) is 36.1 Å². The number of nitrogens with zero attached hydrogens (tertiary/aromatic N) is 4. The molecule has 3 aromatic rings. The van der Waals surface area contributed by atoms with Crippen LogP contribution < -0.4 is 0 Å². The maximum atomic E-state index is 12.7. The molecule has 7 nitrogen and oxygen atoms in total. The Bertz CT molecular complexity index is 851. The lowest BCUT2D eigenvalue weighted by atomic mass is 10.2. The van der Waals surface area contributed by atoms with Gasteiger partial charge in [-0.3, -0.25) is 4.79 Å². The highest BCUT2D eigenvalue weighted by Gasteiger charge is 2.33. The number of benzene rings is 1. The number of hydrogen-bond donors (Lipinski definition) is 1. The number of aromatic nitrogens is 4. The van der Waals surface area contributed by atoms with E-state index < -0.39 is 0 Å². The first-order chi connectivity index (χ1) is 12.2. The lowest BCUT2D eigenvalue weighted by Gasteiger charge is -2.22. The summed E-state index contributed by atoms with van der Waals surface area (Å²) in [4.78, 5) is 26.8. The number of fused-ring (bicyclic) bond motifs is 1. The number of nitrogens with one attached hydrogen (secondary N) is 1. The molecule has 4 rings (SSSR count). The molecule has 1 aliphatic heterocycles. The molecule has 1 fully saturated rings. The summed E-state index contributed by atoms with van der Waals surface area (Å²) in [6.45, 7) is 2.72. The molecule has 0 radical (unpaired) electrons. The summed E-state index contributed by atoms with van der Waals surface area (Å²) in [5, 5.41) is 4.05. The normalized spacial score (nSPS) is 17.5. The van der Waals surface area contributed by atoms with Crippen LogP contribution in [-0.4, -0.2) is 37.5 Å². The Hall–Kier alpha value is -2.70. The van der Waals surface area contributed by atoms with Gasteiger partial charge in [0, 0.05) is 25.8 Å². The van der Waals surface area contributed by atoms with Crippen molar-refractivity contribution in [3.8, 4) is 0 Å². The van der Waals surface area contributed by atoms with Gasteiger partial charge in [-0.1, -0.05) is 24.2 Å². The van der Waals surface area contributed by atoms with E-state index in [1.165, 1.54) is 0 Å². The molecule has 2 aromatic heterocycles. The molecule has 1 amide bonds. The molecule has 1 N–H and O–H groups in total. The van der Waals surface area contributed by atoms with Crippen LogP contribution in [0, 0.1) is 0 Å². The number of imidazole rings is 1. The number of hydrogen-bond acceptors (Lipinski definition) is 5. The molecule has 1 saturated heterocycles. The van der Waals surface area contributed by atoms with Gasteiger partial charge in [0.2, 0.25) is 11.8 Å². The van der Waals surface area contributed by atoms with Crippen molar-refractivity contribution in [1.29, 1.82) is 0 Å². The number of rotatable bonds is 5. The fraction of sp³-hybridized carbons (Fsp3) is 0.444. The molecule has 1 aliphatic rings. The van der Waals surface area contributed by atoms with Gasteiger partial charge in [0.05, 0.1) is 17.1 Å². The molecule has 7 heteroatoms. The Morgan fingerprint density at radius 1 is 1.36 bits per heavy atom. The third-order valence-electron chi connectivity index (χ3n) is 4.67. The van der Waals surface area contributed by atoms with Crippen LogP contribution in [0.2, 0.25) is 0 Å². The molecular weight excluding hydrogens is 318 g/mol. The standard InChI is InChI=1S/C18H21N5O2/c1-2-16-21-18(22-25-16)14-8-5-11-23(14)17(24)10-9-15-19-12-6-3-4-7-13(12)20-15/h3-4,6-7,14H,2,5,8-11H2,1H3,(H,19,20). The highest BCUT2D eigenvalue weighted by Crippen LogP contribution is 2.30. The van der Waals surface area contributed by atoms with Gasteiger partial charge in [0.25, 0.3) is 0 Å². The highest BCUT2D eigenvalue weighted by atomic mass is 16.5. The number of aromatic amines is 1. The summed E-state index contributed by atoms with van der Waals surface area (Å²) in [5.41, 5.74) is 1.94. The van der Waals surface area contributed by atoms with Crippen LogP contribution in [0.3, 0.4) is 0 Å². The van der Waals surface area contributed by atoms with E-state index in [4.69, 9.17) is 4.52 Å². The van der Waals surface area contributed by atoms with E-state index in [1.54, 1.807) is 0 Å². The van der Waals surface area contributed by atoms with Gasteiger partial charge in [-0.25, -0.2) is 4.98 Å². The maximum absolute atomic E-state index is 12.7. The minimum absolute atomic E-state index is 0.0628. The van der Waals surface area contributed by atoms with E-state index >= 15 is 0 Å². The van der Waals surface area contributed by atoms with Gasteiger partial charge in [0.1, 0.15) is 5.82 Å². The van der Waals surface area contributed by atoms with Gasteiger partial charge in [0.15, 0.2) is 5.82 Å². The zero-order chi connectivity index (χ0) is 17.2. The number of H-pyrrole nitrogens is 1. The zero-order valence-electron chi connectivity index (χ0n) is 14.2. The Balaban J connectivity index is 1.42. The van der Waals surface area contributed by atoms with Crippen LogP contribution in [-0.2, 0) is 17.6 Å². The fourth-order valence-corrected chi connectivity index (χ4v) is 3.37. The third kappa shape index (κ3) is 3.14. The Kier molecular flexibility index (Phi) is 4.21. The number of para-hydroxylation sites is 2. The molecule has 25 heavy (non-hydrogen) atoms. The molecular formula is C18H21N5O2. The average Bonchev–Trinajstić information content (AvgIpc) is 3.37. The molecule has 0 bridgehead atoms. The van der Waals surface area contributed by atoms with E-state index in [0.717, 1.165) is 36.2 Å². The van der Waals surface area contributed by atoms with Crippen LogP contribution in [0.4, 0.5) is 0 Å². The second kappa shape index (κ2) is 6.66. The topological polar surface area (TPSA) is 87.9 Å². The van der Waals surface area contributed by atoms with Gasteiger partial charge in [-0.15, -0.1) is 0 Å². The summed E-state index contributed by atoms with van der Waals surface area (Å²) in [6.07, 6.45) is 3.59. The molecule has 0 aliphatic carbocycles. The molecule has 130 valence electrons. The quantitative estimate of drug-likeness (QED) is 0.772. The summed E-state index contributed by atoms with van der Waals surface area (Å²) < 4.78 is 5.20. The molecule has 1 aromatic carbocycles. The van der Waals surface area contributed by atoms with E-state index in [-0.39, 0.29) is 11.9 Å². The SMILES string of the molecule is CCc1nc(C2CCCN2C(=O)CCc2nc3ccccc3[nH]2)no1.